The topological polar surface area (TPSA) is 98.7 Å². The zero-order valence-electron chi connectivity index (χ0n) is 7.86. The first-order valence-corrected chi connectivity index (χ1v) is 4.50. The molecule has 2 amide bonds. The van der Waals surface area contributed by atoms with Gasteiger partial charge in [-0.05, 0) is 6.42 Å². The molecule has 6 heteroatoms. The second-order valence-corrected chi connectivity index (χ2v) is 3.30. The molecule has 14 heavy (non-hydrogen) atoms. The first-order valence-electron chi connectivity index (χ1n) is 4.50. The molecule has 1 heterocycles. The van der Waals surface area contributed by atoms with E-state index in [2.05, 4.69) is 10.6 Å². The molecule has 0 aromatic carbocycles. The highest BCUT2D eigenvalue weighted by atomic mass is 16.4. The Morgan fingerprint density at radius 2 is 2.29 bits per heavy atom. The van der Waals surface area contributed by atoms with Crippen LogP contribution >= 0.6 is 0 Å². The van der Waals surface area contributed by atoms with Crippen molar-refractivity contribution in [2.45, 2.75) is 25.4 Å². The normalized spacial score (nSPS) is 31.3. The Morgan fingerprint density at radius 3 is 2.71 bits per heavy atom. The lowest BCUT2D eigenvalue weighted by Gasteiger charge is -2.18. The van der Waals surface area contributed by atoms with Crippen LogP contribution in [0.1, 0.15) is 13.3 Å². The van der Waals surface area contributed by atoms with E-state index in [1.165, 1.54) is 0 Å². The van der Waals surface area contributed by atoms with Crippen LogP contribution in [-0.2, 0) is 4.79 Å². The number of carboxylic acid groups (broad SMARTS) is 1. The van der Waals surface area contributed by atoms with Crippen molar-refractivity contribution >= 4 is 12.0 Å². The number of nitrogens with one attached hydrogen (secondary N) is 2. The summed E-state index contributed by atoms with van der Waals surface area (Å²) in [5.74, 6) is -0.540. The Balaban J connectivity index is 2.71. The van der Waals surface area contributed by atoms with Gasteiger partial charge in [0.05, 0.1) is 12.6 Å². The Kier molecular flexibility index (Phi) is 3.29. The molecule has 0 aliphatic carbocycles. The molecule has 1 aliphatic heterocycles. The van der Waals surface area contributed by atoms with Crippen molar-refractivity contribution in [2.75, 3.05) is 6.61 Å². The lowest BCUT2D eigenvalue weighted by atomic mass is 9.94. The van der Waals surface area contributed by atoms with E-state index in [0.717, 1.165) is 0 Å². The van der Waals surface area contributed by atoms with Gasteiger partial charge in [0.1, 0.15) is 6.04 Å². The van der Waals surface area contributed by atoms with Crippen LogP contribution in [-0.4, -0.2) is 40.9 Å². The average Bonchev–Trinajstić information content (AvgIpc) is 2.42. The lowest BCUT2D eigenvalue weighted by molar-refractivity contribution is -0.121. The third kappa shape index (κ3) is 1.95. The van der Waals surface area contributed by atoms with E-state index in [1.807, 2.05) is 6.92 Å². The fourth-order valence-corrected chi connectivity index (χ4v) is 1.81. The van der Waals surface area contributed by atoms with E-state index >= 15 is 0 Å². The monoisotopic (exact) mass is 202 g/mol. The third-order valence-electron chi connectivity index (χ3n) is 2.50. The molecule has 80 valence electrons. The maximum absolute atomic E-state index is 11.3. The van der Waals surface area contributed by atoms with Crippen molar-refractivity contribution < 1.29 is 19.8 Å². The lowest BCUT2D eigenvalue weighted by Crippen LogP contribution is -2.42. The average molecular weight is 202 g/mol. The molecule has 4 N–H and O–H groups in total. The van der Waals surface area contributed by atoms with Gasteiger partial charge in [0.2, 0.25) is 5.91 Å². The molecule has 1 fully saturated rings. The summed E-state index contributed by atoms with van der Waals surface area (Å²) in [6, 6.07) is -1.08. The van der Waals surface area contributed by atoms with Crippen molar-refractivity contribution in [1.29, 1.82) is 0 Å². The van der Waals surface area contributed by atoms with E-state index in [-0.39, 0.29) is 24.5 Å². The van der Waals surface area contributed by atoms with Crippen molar-refractivity contribution in [3.8, 4) is 0 Å². The summed E-state index contributed by atoms with van der Waals surface area (Å²) in [5, 5.41) is 22.2. The molecule has 0 aromatic heterocycles. The number of carbonyl (C=O) groups excluding carboxylic acids is 1. The van der Waals surface area contributed by atoms with Gasteiger partial charge >= 0.3 is 6.09 Å². The Hall–Kier alpha value is -1.30. The van der Waals surface area contributed by atoms with Gasteiger partial charge in [0, 0.05) is 5.92 Å². The minimum Gasteiger partial charge on any atom is -0.465 e. The number of rotatable bonds is 3. The van der Waals surface area contributed by atoms with Gasteiger partial charge in [-0.2, -0.15) is 0 Å². The molecule has 1 rings (SSSR count). The fraction of sp³-hybridized carbons (Fsp3) is 0.750. The van der Waals surface area contributed by atoms with Gasteiger partial charge in [-0.15, -0.1) is 0 Å². The standard InChI is InChI=1S/C8H14N2O4/c1-2-4-5(3-11)9-7(12)6(4)10-8(13)14/h4-6,10-11H,2-3H2,1H3,(H,9,12)(H,13,14)/t4-,5+,6?/m0/s1. The highest BCUT2D eigenvalue weighted by molar-refractivity contribution is 5.88. The van der Waals surface area contributed by atoms with Gasteiger partial charge in [-0.1, -0.05) is 6.92 Å². The maximum Gasteiger partial charge on any atom is 0.405 e. The number of aliphatic hydroxyl groups excluding tert-OH is 1. The largest absolute Gasteiger partial charge is 0.465 e. The molecular formula is C8H14N2O4. The number of hydrogen-bond donors (Lipinski definition) is 4. The maximum atomic E-state index is 11.3. The Morgan fingerprint density at radius 1 is 1.64 bits per heavy atom. The molecule has 1 saturated heterocycles. The first kappa shape index (κ1) is 10.8. The van der Waals surface area contributed by atoms with E-state index < -0.39 is 12.1 Å². The highest BCUT2D eigenvalue weighted by Crippen LogP contribution is 2.20. The highest BCUT2D eigenvalue weighted by Gasteiger charge is 2.41. The summed E-state index contributed by atoms with van der Waals surface area (Å²) < 4.78 is 0. The molecule has 0 spiro atoms. The number of amides is 2. The van der Waals surface area contributed by atoms with Gasteiger partial charge in [0.15, 0.2) is 0 Å². The predicted molar refractivity (Wildman–Crippen MR) is 47.7 cm³/mol. The Labute approximate surface area is 81.3 Å². The van der Waals surface area contributed by atoms with Crippen molar-refractivity contribution in [3.05, 3.63) is 0 Å². The van der Waals surface area contributed by atoms with Crippen LogP contribution in [0, 0.1) is 5.92 Å². The predicted octanol–water partition coefficient (Wildman–Crippen LogP) is -0.860. The van der Waals surface area contributed by atoms with Gasteiger partial charge in [-0.25, -0.2) is 4.79 Å². The third-order valence-corrected chi connectivity index (χ3v) is 2.50. The molecule has 6 nitrogen and oxygen atoms in total. The van der Waals surface area contributed by atoms with Crippen LogP contribution in [0.15, 0.2) is 0 Å². The summed E-state index contributed by atoms with van der Waals surface area (Å²) in [7, 11) is 0. The zero-order chi connectivity index (χ0) is 10.7. The SMILES string of the molecule is CC[C@@H]1C(NC(=O)O)C(=O)N[C@@H]1CO. The van der Waals surface area contributed by atoms with Gasteiger partial charge in [-0.3, -0.25) is 4.79 Å². The zero-order valence-corrected chi connectivity index (χ0v) is 7.86. The second kappa shape index (κ2) is 4.28. The quantitative estimate of drug-likeness (QED) is 0.478. The molecule has 0 aromatic rings. The smallest absolute Gasteiger partial charge is 0.405 e. The Bertz CT molecular complexity index is 243. The van der Waals surface area contributed by atoms with Crippen LogP contribution in [0.2, 0.25) is 0 Å². The fourth-order valence-electron chi connectivity index (χ4n) is 1.81. The second-order valence-electron chi connectivity index (χ2n) is 3.30. The van der Waals surface area contributed by atoms with Gasteiger partial charge < -0.3 is 20.8 Å². The number of carbonyl (C=O) groups is 2. The van der Waals surface area contributed by atoms with E-state index in [0.29, 0.717) is 6.42 Å². The first-order chi connectivity index (χ1) is 6.60. The minimum atomic E-state index is -1.22. The molecule has 3 atom stereocenters. The summed E-state index contributed by atoms with van der Waals surface area (Å²) in [5.41, 5.74) is 0. The van der Waals surface area contributed by atoms with Crippen LogP contribution in [0.4, 0.5) is 4.79 Å². The number of hydrogen-bond acceptors (Lipinski definition) is 3. The van der Waals surface area contributed by atoms with E-state index in [1.54, 1.807) is 0 Å². The van der Waals surface area contributed by atoms with Crippen LogP contribution in [0.3, 0.4) is 0 Å². The van der Waals surface area contributed by atoms with Crippen LogP contribution in [0.25, 0.3) is 0 Å². The number of aliphatic hydroxyl groups is 1. The minimum absolute atomic E-state index is 0.165. The molecule has 1 aliphatic rings. The summed E-state index contributed by atoms with van der Waals surface area (Å²) >= 11 is 0. The summed E-state index contributed by atoms with van der Waals surface area (Å²) in [6.45, 7) is 1.69. The van der Waals surface area contributed by atoms with Crippen molar-refractivity contribution in [1.82, 2.24) is 10.6 Å². The molecule has 0 radical (unpaired) electrons. The van der Waals surface area contributed by atoms with E-state index in [9.17, 15) is 9.59 Å². The molecular weight excluding hydrogens is 188 g/mol. The summed E-state index contributed by atoms with van der Waals surface area (Å²) in [4.78, 5) is 21.7. The van der Waals surface area contributed by atoms with Crippen LogP contribution < -0.4 is 10.6 Å². The van der Waals surface area contributed by atoms with Gasteiger partial charge in [0.25, 0.3) is 0 Å². The summed E-state index contributed by atoms with van der Waals surface area (Å²) in [6.07, 6.45) is -0.586. The van der Waals surface area contributed by atoms with Crippen molar-refractivity contribution in [3.63, 3.8) is 0 Å². The molecule has 1 unspecified atom stereocenters. The molecule has 0 bridgehead atoms. The van der Waals surface area contributed by atoms with E-state index in [4.69, 9.17) is 10.2 Å². The molecule has 0 saturated carbocycles. The van der Waals surface area contributed by atoms with Crippen LogP contribution in [0.5, 0.6) is 0 Å². The van der Waals surface area contributed by atoms with Crippen molar-refractivity contribution in [2.24, 2.45) is 5.92 Å².